The normalized spacial score (nSPS) is 10.5. The number of nitrogens with zero attached hydrogens (tertiary/aromatic N) is 2. The van der Waals surface area contributed by atoms with Crippen LogP contribution in [0.4, 0.5) is 11.4 Å². The molecule has 1 heterocycles. The number of carbonyl (C=O) groups excluding carboxylic acids is 2. The molecule has 0 atom stereocenters. The first-order valence-corrected chi connectivity index (χ1v) is 8.10. The van der Waals surface area contributed by atoms with Crippen molar-refractivity contribution in [3.63, 3.8) is 0 Å². The summed E-state index contributed by atoms with van der Waals surface area (Å²) in [5, 5.41) is 10.1. The second-order valence-corrected chi connectivity index (χ2v) is 5.88. The molecule has 24 heavy (non-hydrogen) atoms. The minimum absolute atomic E-state index is 0.0549. The van der Waals surface area contributed by atoms with Crippen LogP contribution in [0.15, 0.2) is 24.3 Å². The predicted molar refractivity (Wildman–Crippen MR) is 95.0 cm³/mol. The van der Waals surface area contributed by atoms with E-state index in [1.807, 2.05) is 43.7 Å². The molecule has 2 rings (SSSR count). The SMILES string of the molecule is CCC(=O)Nc1ccc(C)c(NC(=O)CCn2nc(C)cc2C)c1. The van der Waals surface area contributed by atoms with Crippen molar-refractivity contribution in [3.8, 4) is 0 Å². The lowest BCUT2D eigenvalue weighted by Crippen LogP contribution is -2.16. The summed E-state index contributed by atoms with van der Waals surface area (Å²) in [6.45, 7) is 8.16. The van der Waals surface area contributed by atoms with Gasteiger partial charge >= 0.3 is 0 Å². The van der Waals surface area contributed by atoms with Crippen molar-refractivity contribution < 1.29 is 9.59 Å². The van der Waals surface area contributed by atoms with Crippen molar-refractivity contribution in [2.75, 3.05) is 10.6 Å². The van der Waals surface area contributed by atoms with Gasteiger partial charge in [-0.15, -0.1) is 0 Å². The van der Waals surface area contributed by atoms with Crippen LogP contribution in [0.5, 0.6) is 0 Å². The summed E-state index contributed by atoms with van der Waals surface area (Å²) < 4.78 is 1.83. The molecule has 2 N–H and O–H groups in total. The van der Waals surface area contributed by atoms with Gasteiger partial charge in [-0.2, -0.15) is 5.10 Å². The van der Waals surface area contributed by atoms with Gasteiger partial charge in [-0.25, -0.2) is 0 Å². The fourth-order valence-electron chi connectivity index (χ4n) is 2.41. The number of aromatic nitrogens is 2. The van der Waals surface area contributed by atoms with Crippen LogP contribution in [0.25, 0.3) is 0 Å². The largest absolute Gasteiger partial charge is 0.326 e. The van der Waals surface area contributed by atoms with Gasteiger partial charge in [0.05, 0.1) is 5.69 Å². The zero-order valence-corrected chi connectivity index (χ0v) is 14.6. The highest BCUT2D eigenvalue weighted by Crippen LogP contribution is 2.20. The number of carbonyl (C=O) groups is 2. The molecule has 0 radical (unpaired) electrons. The molecule has 0 aliphatic rings. The maximum absolute atomic E-state index is 12.2. The molecular formula is C18H24N4O2. The Hall–Kier alpha value is -2.63. The molecule has 2 amide bonds. The minimum Gasteiger partial charge on any atom is -0.326 e. The molecule has 0 spiro atoms. The molecule has 6 heteroatoms. The summed E-state index contributed by atoms with van der Waals surface area (Å²) in [6, 6.07) is 7.47. The Morgan fingerprint density at radius 2 is 1.83 bits per heavy atom. The summed E-state index contributed by atoms with van der Waals surface area (Å²) in [7, 11) is 0. The monoisotopic (exact) mass is 328 g/mol. The molecule has 0 saturated heterocycles. The zero-order valence-electron chi connectivity index (χ0n) is 14.6. The Morgan fingerprint density at radius 1 is 1.08 bits per heavy atom. The van der Waals surface area contributed by atoms with Crippen molar-refractivity contribution in [2.45, 2.75) is 47.1 Å². The molecule has 6 nitrogen and oxygen atoms in total. The molecular weight excluding hydrogens is 304 g/mol. The third-order valence-corrected chi connectivity index (χ3v) is 3.77. The number of rotatable bonds is 6. The maximum atomic E-state index is 12.2. The number of amides is 2. The van der Waals surface area contributed by atoms with Gasteiger partial charge in [0.25, 0.3) is 0 Å². The number of aryl methyl sites for hydroxylation is 4. The van der Waals surface area contributed by atoms with Gasteiger partial charge < -0.3 is 10.6 Å². The van der Waals surface area contributed by atoms with Crippen LogP contribution in [0.3, 0.4) is 0 Å². The van der Waals surface area contributed by atoms with Gasteiger partial charge in [0.15, 0.2) is 0 Å². The van der Waals surface area contributed by atoms with E-state index in [1.54, 1.807) is 13.0 Å². The highest BCUT2D eigenvalue weighted by Gasteiger charge is 2.09. The lowest BCUT2D eigenvalue weighted by molar-refractivity contribution is -0.117. The highest BCUT2D eigenvalue weighted by molar-refractivity contribution is 5.94. The standard InChI is InChI=1S/C18H24N4O2/c1-5-17(23)19-15-7-6-12(2)16(11-15)20-18(24)8-9-22-14(4)10-13(3)21-22/h6-7,10-11H,5,8-9H2,1-4H3,(H,19,23)(H,20,24). The quantitative estimate of drug-likeness (QED) is 0.855. The van der Waals surface area contributed by atoms with Gasteiger partial charge in [-0.3, -0.25) is 14.3 Å². The first-order chi connectivity index (χ1) is 11.4. The molecule has 128 valence electrons. The van der Waals surface area contributed by atoms with E-state index in [1.165, 1.54) is 0 Å². The topological polar surface area (TPSA) is 76.0 Å². The van der Waals surface area contributed by atoms with E-state index in [2.05, 4.69) is 15.7 Å². The molecule has 0 bridgehead atoms. The van der Waals surface area contributed by atoms with Crippen molar-refractivity contribution in [1.29, 1.82) is 0 Å². The van der Waals surface area contributed by atoms with E-state index in [-0.39, 0.29) is 11.8 Å². The Kier molecular flexibility index (Phi) is 5.73. The first-order valence-electron chi connectivity index (χ1n) is 8.10. The summed E-state index contributed by atoms with van der Waals surface area (Å²) >= 11 is 0. The zero-order chi connectivity index (χ0) is 17.7. The number of hydrogen-bond acceptors (Lipinski definition) is 3. The van der Waals surface area contributed by atoms with E-state index >= 15 is 0 Å². The lowest BCUT2D eigenvalue weighted by atomic mass is 10.1. The number of hydrogen-bond donors (Lipinski definition) is 2. The van der Waals surface area contributed by atoms with Crippen LogP contribution >= 0.6 is 0 Å². The smallest absolute Gasteiger partial charge is 0.226 e. The van der Waals surface area contributed by atoms with Gasteiger partial charge in [0, 0.05) is 36.5 Å². The Morgan fingerprint density at radius 3 is 2.46 bits per heavy atom. The van der Waals surface area contributed by atoms with Crippen LogP contribution in [-0.2, 0) is 16.1 Å². The highest BCUT2D eigenvalue weighted by atomic mass is 16.2. The maximum Gasteiger partial charge on any atom is 0.226 e. The van der Waals surface area contributed by atoms with Crippen molar-refractivity contribution in [3.05, 3.63) is 41.2 Å². The molecule has 0 unspecified atom stereocenters. The number of nitrogens with one attached hydrogen (secondary N) is 2. The van der Waals surface area contributed by atoms with E-state index in [4.69, 9.17) is 0 Å². The van der Waals surface area contributed by atoms with Crippen molar-refractivity contribution in [2.24, 2.45) is 0 Å². The molecule has 0 saturated carbocycles. The lowest BCUT2D eigenvalue weighted by Gasteiger charge is -2.12. The molecule has 1 aromatic heterocycles. The third kappa shape index (κ3) is 4.68. The molecule has 2 aromatic rings. The molecule has 0 aliphatic carbocycles. The van der Waals surface area contributed by atoms with Gasteiger partial charge in [-0.1, -0.05) is 13.0 Å². The molecule has 1 aromatic carbocycles. The summed E-state index contributed by atoms with van der Waals surface area (Å²) in [6.07, 6.45) is 0.755. The van der Waals surface area contributed by atoms with Crippen LogP contribution < -0.4 is 10.6 Å². The minimum atomic E-state index is -0.0791. The average molecular weight is 328 g/mol. The fraction of sp³-hybridized carbons (Fsp3) is 0.389. The van der Waals surface area contributed by atoms with E-state index in [9.17, 15) is 9.59 Å². The molecule has 0 fully saturated rings. The third-order valence-electron chi connectivity index (χ3n) is 3.77. The summed E-state index contributed by atoms with van der Waals surface area (Å²) in [4.78, 5) is 23.7. The van der Waals surface area contributed by atoms with E-state index in [0.717, 1.165) is 17.0 Å². The van der Waals surface area contributed by atoms with Crippen molar-refractivity contribution in [1.82, 2.24) is 9.78 Å². The van der Waals surface area contributed by atoms with Crippen LogP contribution in [0.1, 0.15) is 36.7 Å². The van der Waals surface area contributed by atoms with Gasteiger partial charge in [0.1, 0.15) is 0 Å². The van der Waals surface area contributed by atoms with Crippen LogP contribution in [-0.4, -0.2) is 21.6 Å². The van der Waals surface area contributed by atoms with E-state index < -0.39 is 0 Å². The van der Waals surface area contributed by atoms with Crippen LogP contribution in [0, 0.1) is 20.8 Å². The second-order valence-electron chi connectivity index (χ2n) is 5.88. The van der Waals surface area contributed by atoms with Crippen molar-refractivity contribution >= 4 is 23.2 Å². The Bertz CT molecular complexity index is 749. The average Bonchev–Trinajstić information content (AvgIpc) is 2.86. The number of benzene rings is 1. The molecule has 0 aliphatic heterocycles. The second kappa shape index (κ2) is 7.77. The first kappa shape index (κ1) is 17.7. The van der Waals surface area contributed by atoms with Gasteiger partial charge in [-0.05, 0) is 44.5 Å². The number of anilines is 2. The van der Waals surface area contributed by atoms with Crippen LogP contribution in [0.2, 0.25) is 0 Å². The van der Waals surface area contributed by atoms with E-state index in [0.29, 0.717) is 30.8 Å². The fourth-order valence-corrected chi connectivity index (χ4v) is 2.41. The summed E-state index contributed by atoms with van der Waals surface area (Å²) in [5.74, 6) is -0.134. The summed E-state index contributed by atoms with van der Waals surface area (Å²) in [5.41, 5.74) is 4.33. The Labute approximate surface area is 142 Å². The predicted octanol–water partition coefficient (Wildman–Crippen LogP) is 3.19. The Balaban J connectivity index is 1.99. The van der Waals surface area contributed by atoms with Gasteiger partial charge in [0.2, 0.25) is 11.8 Å².